The molecule has 0 saturated heterocycles. The third-order valence-electron chi connectivity index (χ3n) is 1.85. The van der Waals surface area contributed by atoms with E-state index >= 15 is 0 Å². The Labute approximate surface area is 131 Å². The molecule has 0 rings (SSSR count). The van der Waals surface area contributed by atoms with E-state index in [0.29, 0.717) is 6.61 Å². The van der Waals surface area contributed by atoms with Crippen LogP contribution in [0.5, 0.6) is 0 Å². The number of ether oxygens (including phenoxy) is 1. The summed E-state index contributed by atoms with van der Waals surface area (Å²) in [6, 6.07) is 0. The molecule has 0 aromatic heterocycles. The average Bonchev–Trinajstić information content (AvgIpc) is 2.45. The van der Waals surface area contributed by atoms with Gasteiger partial charge in [0.05, 0.1) is 0 Å². The molecule has 0 heterocycles. The molecule has 0 atom stereocenters. The van der Waals surface area contributed by atoms with Crippen LogP contribution in [0.3, 0.4) is 0 Å². The Morgan fingerprint density at radius 1 is 1.25 bits per heavy atom. The zero-order chi connectivity index (χ0) is 16.3. The van der Waals surface area contributed by atoms with E-state index in [9.17, 15) is 5.11 Å². The summed E-state index contributed by atoms with van der Waals surface area (Å²) in [5.74, 6) is 1.01. The molecule has 0 saturated carbocycles. The molecule has 0 radical (unpaired) electrons. The normalized spacial score (nSPS) is 7.55. The molecule has 112 valence electrons. The van der Waals surface area contributed by atoms with Gasteiger partial charge in [0.1, 0.15) is 0 Å². The van der Waals surface area contributed by atoms with Gasteiger partial charge in [-0.1, -0.05) is 26.3 Å². The fourth-order valence-electron chi connectivity index (χ4n) is 0.821. The molecule has 0 unspecified atom stereocenters. The molecule has 0 aliphatic carbocycles. The second kappa shape index (κ2) is 30.6. The zero-order valence-corrected chi connectivity index (χ0v) is 12.9. The van der Waals surface area contributed by atoms with Crippen LogP contribution in [0.15, 0.2) is 24.2 Å². The first kappa shape index (κ1) is 31.2. The molecule has 0 fully saturated rings. The standard InChI is InChI=1S/C11H19O2.3CO.Fe/c1-5-13-11(12)8-6-7-10(4)9(2)3;3*1-2;/h8,12H,2,5-7H2,1,3-4H3;;;;/q-1;;;;+2/p-1/b11-8-;;;;. The summed E-state index contributed by atoms with van der Waals surface area (Å²) in [5, 5.41) is 10.9. The number of hydrogen-bond donors (Lipinski definition) is 0. The van der Waals surface area contributed by atoms with Crippen molar-refractivity contribution >= 4 is 0 Å². The van der Waals surface area contributed by atoms with E-state index in [1.165, 1.54) is 5.92 Å². The van der Waals surface area contributed by atoms with E-state index in [-0.39, 0.29) is 23.0 Å². The van der Waals surface area contributed by atoms with Crippen LogP contribution in [-0.2, 0) is 35.8 Å². The fraction of sp³-hybridized carbons (Fsp3) is 0.429. The van der Waals surface area contributed by atoms with Gasteiger partial charge in [-0.25, -0.2) is 18.1 Å². The molecule has 0 aromatic rings. The minimum atomic E-state index is -0.225. The van der Waals surface area contributed by atoms with Gasteiger partial charge in [-0.3, -0.25) is 0 Å². The number of hydrogen-bond acceptors (Lipinski definition) is 2. The van der Waals surface area contributed by atoms with Crippen molar-refractivity contribution in [1.29, 1.82) is 0 Å². The Morgan fingerprint density at radius 3 is 1.95 bits per heavy atom. The van der Waals surface area contributed by atoms with Crippen LogP contribution in [0, 0.1) is 25.9 Å². The Bertz CT molecular complexity index is 277. The third kappa shape index (κ3) is 30.1. The monoisotopic (exact) mass is 322 g/mol. The van der Waals surface area contributed by atoms with E-state index in [2.05, 4.69) is 26.5 Å². The van der Waals surface area contributed by atoms with Gasteiger partial charge in [0.15, 0.2) is 0 Å². The van der Waals surface area contributed by atoms with Crippen molar-refractivity contribution in [2.45, 2.75) is 33.6 Å². The molecule has 0 amide bonds. The maximum Gasteiger partial charge on any atom is 2.00 e. The van der Waals surface area contributed by atoms with Gasteiger partial charge in [0.25, 0.3) is 0 Å². The molecular weight excluding hydrogens is 304 g/mol. The molecule has 6 heteroatoms. The minimum absolute atomic E-state index is 0. The van der Waals surface area contributed by atoms with Crippen LogP contribution < -0.4 is 5.11 Å². The molecule has 0 aromatic carbocycles. The zero-order valence-electron chi connectivity index (χ0n) is 11.8. The third-order valence-corrected chi connectivity index (χ3v) is 1.85. The van der Waals surface area contributed by atoms with Crippen LogP contribution in [-0.4, -0.2) is 6.61 Å². The largest absolute Gasteiger partial charge is 2.00 e. The smallest absolute Gasteiger partial charge is 2.00 e. The van der Waals surface area contributed by atoms with Gasteiger partial charge < -0.3 is 9.84 Å². The van der Waals surface area contributed by atoms with E-state index < -0.39 is 0 Å². The van der Waals surface area contributed by atoms with Gasteiger partial charge in [-0.05, 0) is 13.0 Å². The van der Waals surface area contributed by atoms with Crippen LogP contribution >= 0.6 is 0 Å². The number of allylic oxidation sites excluding steroid dienone is 2. The maximum absolute atomic E-state index is 10.9. The first-order chi connectivity index (χ1) is 9.07. The summed E-state index contributed by atoms with van der Waals surface area (Å²) in [7, 11) is 0. The van der Waals surface area contributed by atoms with Crippen molar-refractivity contribution in [1.82, 2.24) is 0 Å². The SMILES string of the molecule is C=C(C)[C-](C)CC/C=C(/[O-])OCC.[C-]#[O+].[C-]#[O+].[C-]#[O+].[Fe+2]. The molecular formula is C14H18FeO5. The maximum atomic E-state index is 10.9. The Morgan fingerprint density at radius 2 is 1.65 bits per heavy atom. The van der Waals surface area contributed by atoms with Crippen molar-refractivity contribution in [3.8, 4) is 0 Å². The first-order valence-electron chi connectivity index (χ1n) is 5.17. The predicted octanol–water partition coefficient (Wildman–Crippen LogP) is 2.06. The predicted molar refractivity (Wildman–Crippen MR) is 64.5 cm³/mol. The van der Waals surface area contributed by atoms with Gasteiger partial charge >= 0.3 is 51.0 Å². The van der Waals surface area contributed by atoms with Gasteiger partial charge in [-0.2, -0.15) is 0 Å². The Balaban J connectivity index is -0.0000000940. The second-order valence-corrected chi connectivity index (χ2v) is 3.06. The van der Waals surface area contributed by atoms with E-state index in [4.69, 9.17) is 18.7 Å². The topological polar surface area (TPSA) is 92.0 Å². The molecule has 0 aliphatic heterocycles. The average molecular weight is 322 g/mol. The van der Waals surface area contributed by atoms with Gasteiger partial charge in [-0.15, -0.1) is 6.92 Å². The first-order valence-corrected chi connectivity index (χ1v) is 5.17. The number of rotatable bonds is 6. The molecule has 0 spiro atoms. The molecule has 0 N–H and O–H groups in total. The molecule has 20 heavy (non-hydrogen) atoms. The van der Waals surface area contributed by atoms with Crippen LogP contribution in [0.25, 0.3) is 0 Å². The van der Waals surface area contributed by atoms with Crippen molar-refractivity contribution in [3.63, 3.8) is 0 Å². The van der Waals surface area contributed by atoms with Crippen molar-refractivity contribution < 1.29 is 40.9 Å². The van der Waals surface area contributed by atoms with Crippen molar-refractivity contribution in [3.05, 3.63) is 50.0 Å². The summed E-state index contributed by atoms with van der Waals surface area (Å²) in [5.41, 5.74) is 1.08. The van der Waals surface area contributed by atoms with Crippen LogP contribution in [0.2, 0.25) is 0 Å². The summed E-state index contributed by atoms with van der Waals surface area (Å²) in [6.07, 6.45) is 3.20. The van der Waals surface area contributed by atoms with E-state index in [1.807, 2.05) is 13.8 Å². The molecule has 5 nitrogen and oxygen atoms in total. The summed E-state index contributed by atoms with van der Waals surface area (Å²) < 4.78 is 27.3. The van der Waals surface area contributed by atoms with Gasteiger partial charge in [0.2, 0.25) is 0 Å². The Hall–Kier alpha value is -1.31. The molecule has 0 bridgehead atoms. The molecule has 0 aliphatic rings. The van der Waals surface area contributed by atoms with E-state index in [1.54, 1.807) is 13.0 Å². The van der Waals surface area contributed by atoms with Crippen molar-refractivity contribution in [2.75, 3.05) is 6.61 Å². The van der Waals surface area contributed by atoms with Crippen molar-refractivity contribution in [2.24, 2.45) is 0 Å². The van der Waals surface area contributed by atoms with E-state index in [0.717, 1.165) is 18.4 Å². The minimum Gasteiger partial charge on any atom is 2.00 e. The summed E-state index contributed by atoms with van der Waals surface area (Å²) in [6.45, 7) is 23.6. The summed E-state index contributed by atoms with van der Waals surface area (Å²) >= 11 is 0. The van der Waals surface area contributed by atoms with Gasteiger partial charge in [0, 0.05) is 5.95 Å². The summed E-state index contributed by atoms with van der Waals surface area (Å²) in [4.78, 5) is 0. The van der Waals surface area contributed by atoms with Crippen LogP contribution in [0.4, 0.5) is 0 Å². The Kier molecular flexibility index (Phi) is 47.7. The quantitative estimate of drug-likeness (QED) is 0.324. The second-order valence-electron chi connectivity index (χ2n) is 3.06. The van der Waals surface area contributed by atoms with Crippen LogP contribution in [0.1, 0.15) is 33.6 Å². The fourth-order valence-corrected chi connectivity index (χ4v) is 0.821.